The molecule has 0 aliphatic carbocycles. The lowest BCUT2D eigenvalue weighted by Crippen LogP contribution is -2.21. The van der Waals surface area contributed by atoms with E-state index in [4.69, 9.17) is 19.7 Å². The van der Waals surface area contributed by atoms with Crippen LogP contribution in [0.15, 0.2) is 42.9 Å². The van der Waals surface area contributed by atoms with Gasteiger partial charge < -0.3 is 24.7 Å². The molecule has 0 fully saturated rings. The first-order valence-corrected chi connectivity index (χ1v) is 8.41. The molecule has 3 rings (SSSR count). The van der Waals surface area contributed by atoms with Crippen molar-refractivity contribution in [2.75, 3.05) is 19.0 Å². The summed E-state index contributed by atoms with van der Waals surface area (Å²) in [5, 5.41) is 19.4. The Morgan fingerprint density at radius 2 is 1.84 bits per heavy atom. The van der Waals surface area contributed by atoms with Crippen molar-refractivity contribution in [3.8, 4) is 0 Å². The number of alkyl halides is 3. The summed E-state index contributed by atoms with van der Waals surface area (Å²) in [5.74, 6) is -3.78. The number of anilines is 1. The Kier molecular flexibility index (Phi) is 7.47. The van der Waals surface area contributed by atoms with Crippen LogP contribution >= 0.6 is 0 Å². The lowest BCUT2D eigenvalue weighted by atomic mass is 10.1. The van der Waals surface area contributed by atoms with Gasteiger partial charge in [-0.15, -0.1) is 0 Å². The van der Waals surface area contributed by atoms with E-state index in [0.717, 1.165) is 5.56 Å². The lowest BCUT2D eigenvalue weighted by molar-refractivity contribution is -0.192. The van der Waals surface area contributed by atoms with Crippen molar-refractivity contribution in [2.24, 2.45) is 0 Å². The number of hydrogen-bond donors (Lipinski definition) is 3. The molecule has 0 bridgehead atoms. The summed E-state index contributed by atoms with van der Waals surface area (Å²) in [7, 11) is 1.56. The summed E-state index contributed by atoms with van der Waals surface area (Å²) < 4.78 is 51.6. The maximum atomic E-state index is 13.1. The Hall–Kier alpha value is -3.74. The van der Waals surface area contributed by atoms with Crippen LogP contribution in [0.4, 0.5) is 23.4 Å². The Bertz CT molecular complexity index is 1050. The van der Waals surface area contributed by atoms with Gasteiger partial charge in [-0.05, 0) is 17.7 Å². The standard InChI is InChI=1S/C16H15FN4O3.C2HF3O2/c1-24-9-13(10-2-4-11(17)5-3-10)19-14-15-20-12(16(22)23)8-21(15)7-6-18-14;3-2(4,5)1(6)7/h2-8,13H,9H2,1H3,(H,18,19)(H,22,23);(H,6,7). The Labute approximate surface area is 171 Å². The number of halogens is 4. The molecule has 3 N–H and O–H groups in total. The normalized spacial score (nSPS) is 12.0. The van der Waals surface area contributed by atoms with Crippen LogP contribution in [0.3, 0.4) is 0 Å². The number of carboxylic acid groups (broad SMARTS) is 2. The molecular weight excluding hydrogens is 428 g/mol. The quantitative estimate of drug-likeness (QED) is 0.496. The molecule has 166 valence electrons. The van der Waals surface area contributed by atoms with E-state index in [2.05, 4.69) is 15.3 Å². The molecule has 1 atom stereocenters. The molecule has 2 heterocycles. The van der Waals surface area contributed by atoms with Gasteiger partial charge in [-0.25, -0.2) is 23.9 Å². The second kappa shape index (κ2) is 9.84. The first-order valence-electron chi connectivity index (χ1n) is 8.41. The number of ether oxygens (including phenoxy) is 1. The number of aromatic carboxylic acids is 1. The van der Waals surface area contributed by atoms with E-state index in [1.54, 1.807) is 29.8 Å². The summed E-state index contributed by atoms with van der Waals surface area (Å²) in [5.41, 5.74) is 1.13. The van der Waals surface area contributed by atoms with Crippen molar-refractivity contribution in [3.05, 3.63) is 59.9 Å². The highest BCUT2D eigenvalue weighted by Gasteiger charge is 2.38. The number of rotatable bonds is 6. The van der Waals surface area contributed by atoms with Crippen molar-refractivity contribution in [1.29, 1.82) is 0 Å². The summed E-state index contributed by atoms with van der Waals surface area (Å²) in [6, 6.07) is 5.75. The fourth-order valence-corrected chi connectivity index (χ4v) is 2.37. The number of carbonyl (C=O) groups is 2. The Morgan fingerprint density at radius 1 is 1.23 bits per heavy atom. The van der Waals surface area contributed by atoms with Crippen LogP contribution < -0.4 is 5.32 Å². The Morgan fingerprint density at radius 3 is 2.35 bits per heavy atom. The van der Waals surface area contributed by atoms with Crippen molar-refractivity contribution in [2.45, 2.75) is 12.2 Å². The molecule has 1 aromatic carbocycles. The van der Waals surface area contributed by atoms with E-state index in [1.165, 1.54) is 24.5 Å². The number of aromatic nitrogens is 3. The largest absolute Gasteiger partial charge is 0.490 e. The van der Waals surface area contributed by atoms with E-state index < -0.39 is 18.1 Å². The van der Waals surface area contributed by atoms with Crippen LogP contribution in [0.5, 0.6) is 0 Å². The number of imidazole rings is 1. The Balaban J connectivity index is 0.000000423. The highest BCUT2D eigenvalue weighted by atomic mass is 19.4. The number of nitrogens with one attached hydrogen (secondary N) is 1. The molecule has 0 amide bonds. The number of benzene rings is 1. The summed E-state index contributed by atoms with van der Waals surface area (Å²) in [4.78, 5) is 28.3. The first kappa shape index (κ1) is 23.5. The lowest BCUT2D eigenvalue weighted by Gasteiger charge is -2.19. The average molecular weight is 444 g/mol. The van der Waals surface area contributed by atoms with Gasteiger partial charge in [-0.2, -0.15) is 13.2 Å². The third-order valence-electron chi connectivity index (χ3n) is 3.75. The monoisotopic (exact) mass is 444 g/mol. The van der Waals surface area contributed by atoms with Gasteiger partial charge in [-0.1, -0.05) is 12.1 Å². The van der Waals surface area contributed by atoms with Crippen LogP contribution in [0.25, 0.3) is 5.65 Å². The van der Waals surface area contributed by atoms with Gasteiger partial charge in [0.2, 0.25) is 0 Å². The zero-order valence-corrected chi connectivity index (χ0v) is 15.8. The molecule has 1 unspecified atom stereocenters. The maximum absolute atomic E-state index is 13.1. The van der Waals surface area contributed by atoms with E-state index in [-0.39, 0.29) is 17.6 Å². The van der Waals surface area contributed by atoms with Gasteiger partial charge in [0.05, 0.1) is 12.6 Å². The molecule has 13 heteroatoms. The average Bonchev–Trinajstić information content (AvgIpc) is 3.14. The van der Waals surface area contributed by atoms with E-state index >= 15 is 0 Å². The topological polar surface area (TPSA) is 126 Å². The molecule has 0 spiro atoms. The molecule has 0 saturated carbocycles. The molecule has 0 aliphatic heterocycles. The number of hydrogen-bond acceptors (Lipinski definition) is 6. The third-order valence-corrected chi connectivity index (χ3v) is 3.75. The number of nitrogens with zero attached hydrogens (tertiary/aromatic N) is 3. The zero-order chi connectivity index (χ0) is 23.2. The van der Waals surface area contributed by atoms with E-state index in [1.807, 2.05) is 0 Å². The van der Waals surface area contributed by atoms with Gasteiger partial charge in [0.1, 0.15) is 5.82 Å². The third kappa shape index (κ3) is 6.37. The van der Waals surface area contributed by atoms with Gasteiger partial charge >= 0.3 is 18.1 Å². The van der Waals surface area contributed by atoms with Crippen molar-refractivity contribution >= 4 is 23.4 Å². The van der Waals surface area contributed by atoms with Crippen LogP contribution in [0.2, 0.25) is 0 Å². The number of fused-ring (bicyclic) bond motifs is 1. The fourth-order valence-electron chi connectivity index (χ4n) is 2.37. The molecule has 2 aromatic heterocycles. The summed E-state index contributed by atoms with van der Waals surface area (Å²) >= 11 is 0. The predicted octanol–water partition coefficient (Wildman–Crippen LogP) is 3.00. The van der Waals surface area contributed by atoms with Crippen LogP contribution in [-0.4, -0.2) is 56.4 Å². The molecule has 0 saturated heterocycles. The van der Waals surface area contributed by atoms with Crippen LogP contribution in [0, 0.1) is 5.82 Å². The van der Waals surface area contributed by atoms with Crippen molar-refractivity contribution in [3.63, 3.8) is 0 Å². The van der Waals surface area contributed by atoms with Gasteiger partial charge in [0.15, 0.2) is 17.2 Å². The SMILES string of the molecule is COCC(Nc1nccn2cc(C(=O)O)nc12)c1ccc(F)cc1.O=C(O)C(F)(F)F. The summed E-state index contributed by atoms with van der Waals surface area (Å²) in [6.45, 7) is 0.320. The van der Waals surface area contributed by atoms with Gasteiger partial charge in [-0.3, -0.25) is 0 Å². The highest BCUT2D eigenvalue weighted by Crippen LogP contribution is 2.22. The minimum atomic E-state index is -5.08. The molecule has 0 radical (unpaired) electrons. The van der Waals surface area contributed by atoms with E-state index in [9.17, 15) is 22.4 Å². The molecule has 0 aliphatic rings. The fraction of sp³-hybridized carbons (Fsp3) is 0.222. The van der Waals surface area contributed by atoms with Gasteiger partial charge in [0, 0.05) is 25.7 Å². The second-order valence-corrected chi connectivity index (χ2v) is 5.94. The van der Waals surface area contributed by atoms with Crippen molar-refractivity contribution in [1.82, 2.24) is 14.4 Å². The maximum Gasteiger partial charge on any atom is 0.490 e. The predicted molar refractivity (Wildman–Crippen MR) is 98.3 cm³/mol. The minimum Gasteiger partial charge on any atom is -0.476 e. The number of carboxylic acids is 2. The second-order valence-electron chi connectivity index (χ2n) is 5.94. The molecule has 3 aromatic rings. The molecule has 9 nitrogen and oxygen atoms in total. The number of aliphatic carboxylic acids is 1. The smallest absolute Gasteiger partial charge is 0.476 e. The molecule has 31 heavy (non-hydrogen) atoms. The van der Waals surface area contributed by atoms with E-state index in [0.29, 0.717) is 18.1 Å². The summed E-state index contributed by atoms with van der Waals surface area (Å²) in [6.07, 6.45) is -0.520. The van der Waals surface area contributed by atoms with Gasteiger partial charge in [0.25, 0.3) is 0 Å². The van der Waals surface area contributed by atoms with Crippen LogP contribution in [-0.2, 0) is 9.53 Å². The highest BCUT2D eigenvalue weighted by molar-refractivity contribution is 5.87. The molecular formula is C18H16F4N4O5. The zero-order valence-electron chi connectivity index (χ0n) is 15.8. The number of methoxy groups -OCH3 is 1. The minimum absolute atomic E-state index is 0.0730. The van der Waals surface area contributed by atoms with Crippen LogP contribution in [0.1, 0.15) is 22.1 Å². The first-order chi connectivity index (χ1) is 14.5. The van der Waals surface area contributed by atoms with Crippen molar-refractivity contribution < 1.29 is 42.1 Å².